The van der Waals surface area contributed by atoms with E-state index in [0.717, 1.165) is 18.5 Å². The van der Waals surface area contributed by atoms with E-state index in [4.69, 9.17) is 9.47 Å². The number of carbonyl (C=O) groups is 1. The lowest BCUT2D eigenvalue weighted by Crippen LogP contribution is -2.27. The van der Waals surface area contributed by atoms with Crippen LogP contribution in [0.5, 0.6) is 11.5 Å². The van der Waals surface area contributed by atoms with E-state index >= 15 is 0 Å². The van der Waals surface area contributed by atoms with Crippen LogP contribution in [0.4, 0.5) is 0 Å². The van der Waals surface area contributed by atoms with E-state index in [1.807, 2.05) is 32.2 Å². The summed E-state index contributed by atoms with van der Waals surface area (Å²) >= 11 is 0. The molecule has 0 saturated heterocycles. The fraction of sp³-hybridized carbons (Fsp3) is 0.533. The van der Waals surface area contributed by atoms with Crippen molar-refractivity contribution in [3.63, 3.8) is 0 Å². The molecule has 2 N–H and O–H groups in total. The summed E-state index contributed by atoms with van der Waals surface area (Å²) in [5.41, 5.74) is 0.990. The Labute approximate surface area is 120 Å². The molecule has 5 heteroatoms. The van der Waals surface area contributed by atoms with Crippen molar-refractivity contribution in [3.8, 4) is 11.5 Å². The topological polar surface area (TPSA) is 59.6 Å². The van der Waals surface area contributed by atoms with Gasteiger partial charge in [0, 0.05) is 6.42 Å². The van der Waals surface area contributed by atoms with Crippen LogP contribution in [0.2, 0.25) is 0 Å². The minimum Gasteiger partial charge on any atom is -0.493 e. The molecule has 1 rings (SSSR count). The Morgan fingerprint density at radius 1 is 1.25 bits per heavy atom. The smallest absolute Gasteiger partial charge is 0.220 e. The van der Waals surface area contributed by atoms with Gasteiger partial charge in [0.1, 0.15) is 0 Å². The molecule has 0 aliphatic heterocycles. The lowest BCUT2D eigenvalue weighted by Gasteiger charge is -2.16. The van der Waals surface area contributed by atoms with Crippen LogP contribution >= 0.6 is 0 Å². The summed E-state index contributed by atoms with van der Waals surface area (Å²) in [6.45, 7) is 2.80. The lowest BCUT2D eigenvalue weighted by molar-refractivity contribution is -0.121. The van der Waals surface area contributed by atoms with Crippen molar-refractivity contribution in [1.29, 1.82) is 0 Å². The van der Waals surface area contributed by atoms with E-state index in [9.17, 15) is 4.79 Å². The standard InChI is InChI=1S/C15H24N2O3/c1-11(17-15(18)6-5-9-16-2)12-7-8-13(19-3)14(10-12)20-4/h7-8,10-11,16H,5-6,9H2,1-4H3,(H,17,18). The van der Waals surface area contributed by atoms with Gasteiger partial charge in [0.15, 0.2) is 11.5 Å². The average Bonchev–Trinajstić information content (AvgIpc) is 2.46. The van der Waals surface area contributed by atoms with Gasteiger partial charge in [-0.05, 0) is 44.6 Å². The minimum absolute atomic E-state index is 0.0579. The SMILES string of the molecule is CNCCCC(=O)NC(C)c1ccc(OC)c(OC)c1. The summed E-state index contributed by atoms with van der Waals surface area (Å²) in [4.78, 5) is 11.8. The molecule has 0 fully saturated rings. The maximum absolute atomic E-state index is 11.8. The first-order valence-electron chi connectivity index (χ1n) is 6.78. The quantitative estimate of drug-likeness (QED) is 0.714. The van der Waals surface area contributed by atoms with Gasteiger partial charge in [-0.2, -0.15) is 0 Å². The molecule has 0 aromatic heterocycles. The summed E-state index contributed by atoms with van der Waals surface area (Å²) in [6.07, 6.45) is 1.36. The first-order chi connectivity index (χ1) is 9.62. The Hall–Kier alpha value is -1.75. The molecular formula is C15H24N2O3. The van der Waals surface area contributed by atoms with Crippen LogP contribution in [0.1, 0.15) is 31.4 Å². The Morgan fingerprint density at radius 3 is 2.55 bits per heavy atom. The van der Waals surface area contributed by atoms with Gasteiger partial charge in [-0.3, -0.25) is 4.79 Å². The van der Waals surface area contributed by atoms with Crippen LogP contribution < -0.4 is 20.1 Å². The molecule has 0 heterocycles. The van der Waals surface area contributed by atoms with Crippen LogP contribution in [0.3, 0.4) is 0 Å². The number of amides is 1. The largest absolute Gasteiger partial charge is 0.493 e. The van der Waals surface area contributed by atoms with Crippen molar-refractivity contribution >= 4 is 5.91 Å². The zero-order chi connectivity index (χ0) is 15.0. The van der Waals surface area contributed by atoms with E-state index < -0.39 is 0 Å². The maximum Gasteiger partial charge on any atom is 0.220 e. The second-order valence-electron chi connectivity index (χ2n) is 4.61. The third-order valence-electron chi connectivity index (χ3n) is 3.12. The minimum atomic E-state index is -0.0584. The molecule has 1 unspecified atom stereocenters. The van der Waals surface area contributed by atoms with Gasteiger partial charge in [0.05, 0.1) is 20.3 Å². The highest BCUT2D eigenvalue weighted by molar-refractivity contribution is 5.76. The Morgan fingerprint density at radius 2 is 1.95 bits per heavy atom. The highest BCUT2D eigenvalue weighted by atomic mass is 16.5. The molecule has 1 amide bonds. The van der Waals surface area contributed by atoms with Crippen molar-refractivity contribution in [3.05, 3.63) is 23.8 Å². The lowest BCUT2D eigenvalue weighted by atomic mass is 10.1. The molecular weight excluding hydrogens is 256 g/mol. The van der Waals surface area contributed by atoms with Gasteiger partial charge < -0.3 is 20.1 Å². The van der Waals surface area contributed by atoms with E-state index in [1.165, 1.54) is 0 Å². The molecule has 0 bridgehead atoms. The molecule has 20 heavy (non-hydrogen) atoms. The predicted octanol–water partition coefficient (Wildman–Crippen LogP) is 1.88. The molecule has 0 spiro atoms. The Balaban J connectivity index is 2.63. The van der Waals surface area contributed by atoms with Crippen molar-refractivity contribution in [2.24, 2.45) is 0 Å². The van der Waals surface area contributed by atoms with Gasteiger partial charge in [0.25, 0.3) is 0 Å². The molecule has 1 atom stereocenters. The van der Waals surface area contributed by atoms with Gasteiger partial charge in [-0.1, -0.05) is 6.07 Å². The second kappa shape index (κ2) is 8.43. The van der Waals surface area contributed by atoms with E-state index in [1.54, 1.807) is 14.2 Å². The van der Waals surface area contributed by atoms with Crippen LogP contribution in [0.15, 0.2) is 18.2 Å². The summed E-state index contributed by atoms with van der Waals surface area (Å²) in [5, 5.41) is 6.01. The third kappa shape index (κ3) is 4.74. The van der Waals surface area contributed by atoms with Crippen LogP contribution in [-0.2, 0) is 4.79 Å². The number of rotatable bonds is 8. The van der Waals surface area contributed by atoms with Crippen LogP contribution in [0, 0.1) is 0 Å². The van der Waals surface area contributed by atoms with Crippen LogP contribution in [0.25, 0.3) is 0 Å². The molecule has 0 aliphatic rings. The molecule has 5 nitrogen and oxygen atoms in total. The normalized spacial score (nSPS) is 11.8. The van der Waals surface area contributed by atoms with Crippen molar-refractivity contribution in [2.75, 3.05) is 27.8 Å². The first kappa shape index (κ1) is 16.3. The van der Waals surface area contributed by atoms with Gasteiger partial charge in [-0.25, -0.2) is 0 Å². The summed E-state index contributed by atoms with van der Waals surface area (Å²) in [5.74, 6) is 1.41. The first-order valence-corrected chi connectivity index (χ1v) is 6.78. The average molecular weight is 280 g/mol. The predicted molar refractivity (Wildman–Crippen MR) is 79.3 cm³/mol. The summed E-state index contributed by atoms with van der Waals surface area (Å²) in [6, 6.07) is 5.60. The number of carbonyl (C=O) groups excluding carboxylic acids is 1. The molecule has 0 saturated carbocycles. The van der Waals surface area contributed by atoms with Gasteiger partial charge >= 0.3 is 0 Å². The van der Waals surface area contributed by atoms with E-state index in [-0.39, 0.29) is 11.9 Å². The highest BCUT2D eigenvalue weighted by Gasteiger charge is 2.12. The number of ether oxygens (including phenoxy) is 2. The zero-order valence-electron chi connectivity index (χ0n) is 12.7. The number of hydrogen-bond acceptors (Lipinski definition) is 4. The van der Waals surface area contributed by atoms with Gasteiger partial charge in [-0.15, -0.1) is 0 Å². The van der Waals surface area contributed by atoms with Crippen molar-refractivity contribution < 1.29 is 14.3 Å². The third-order valence-corrected chi connectivity index (χ3v) is 3.12. The monoisotopic (exact) mass is 280 g/mol. The number of hydrogen-bond donors (Lipinski definition) is 2. The fourth-order valence-electron chi connectivity index (χ4n) is 1.94. The maximum atomic E-state index is 11.8. The number of nitrogens with one attached hydrogen (secondary N) is 2. The Bertz CT molecular complexity index is 435. The van der Waals surface area contributed by atoms with Crippen LogP contribution in [-0.4, -0.2) is 33.7 Å². The molecule has 112 valence electrons. The molecule has 1 aromatic carbocycles. The number of benzene rings is 1. The molecule has 0 aliphatic carbocycles. The molecule has 0 radical (unpaired) electrons. The van der Waals surface area contributed by atoms with Crippen molar-refractivity contribution in [1.82, 2.24) is 10.6 Å². The summed E-state index contributed by atoms with van der Waals surface area (Å²) < 4.78 is 10.5. The molecule has 1 aromatic rings. The fourth-order valence-corrected chi connectivity index (χ4v) is 1.94. The number of methoxy groups -OCH3 is 2. The Kier molecular flexibility index (Phi) is 6.87. The van der Waals surface area contributed by atoms with Gasteiger partial charge in [0.2, 0.25) is 5.91 Å². The second-order valence-corrected chi connectivity index (χ2v) is 4.61. The van der Waals surface area contributed by atoms with Crippen molar-refractivity contribution in [2.45, 2.75) is 25.8 Å². The van der Waals surface area contributed by atoms with E-state index in [2.05, 4.69) is 10.6 Å². The highest BCUT2D eigenvalue weighted by Crippen LogP contribution is 2.29. The van der Waals surface area contributed by atoms with E-state index in [0.29, 0.717) is 17.9 Å². The summed E-state index contributed by atoms with van der Waals surface area (Å²) in [7, 11) is 5.08. The zero-order valence-corrected chi connectivity index (χ0v) is 12.7.